The number of carbonyl (C=O) groups excluding carboxylic acids is 1. The summed E-state index contributed by atoms with van der Waals surface area (Å²) in [5.74, 6) is 1.02. The summed E-state index contributed by atoms with van der Waals surface area (Å²) in [6, 6.07) is 3.84. The van der Waals surface area contributed by atoms with E-state index in [1.807, 2.05) is 28.5 Å². The normalized spacial score (nSPS) is 15.8. The van der Waals surface area contributed by atoms with E-state index < -0.39 is 0 Å². The van der Waals surface area contributed by atoms with Crippen LogP contribution in [0.3, 0.4) is 0 Å². The average molecular weight is 331 g/mol. The van der Waals surface area contributed by atoms with Crippen molar-refractivity contribution in [3.8, 4) is 11.4 Å². The highest BCUT2D eigenvalue weighted by molar-refractivity contribution is 8.00. The third kappa shape index (κ3) is 3.39. The summed E-state index contributed by atoms with van der Waals surface area (Å²) in [5, 5.41) is 9.25. The van der Waals surface area contributed by atoms with Crippen LogP contribution in [-0.2, 0) is 11.3 Å². The van der Waals surface area contributed by atoms with Gasteiger partial charge in [0, 0.05) is 37.6 Å². The van der Waals surface area contributed by atoms with Gasteiger partial charge >= 0.3 is 0 Å². The molecule has 1 fully saturated rings. The Bertz CT molecular complexity index is 666. The number of nitrogens with zero attached hydrogens (tertiary/aromatic N) is 5. The number of likely N-dealkylation sites (tertiary alicyclic amines) is 1. The van der Waals surface area contributed by atoms with Crippen LogP contribution in [0.4, 0.5) is 0 Å². The highest BCUT2D eigenvalue weighted by atomic mass is 32.2. The summed E-state index contributed by atoms with van der Waals surface area (Å²) >= 11 is 1.49. The first-order chi connectivity index (χ1) is 11.2. The number of thioether (sulfide) groups is 1. The molecular formula is C16H21N5OS. The molecule has 0 radical (unpaired) electrons. The van der Waals surface area contributed by atoms with Gasteiger partial charge in [-0.05, 0) is 38.8 Å². The highest BCUT2D eigenvalue weighted by Gasteiger charge is 2.26. The van der Waals surface area contributed by atoms with Crippen molar-refractivity contribution in [2.75, 3.05) is 13.1 Å². The first-order valence-corrected chi connectivity index (χ1v) is 8.87. The minimum atomic E-state index is -0.145. The second-order valence-electron chi connectivity index (χ2n) is 5.58. The van der Waals surface area contributed by atoms with Crippen LogP contribution in [0, 0.1) is 0 Å². The van der Waals surface area contributed by atoms with Gasteiger partial charge in [-0.15, -0.1) is 10.2 Å². The van der Waals surface area contributed by atoms with Crippen molar-refractivity contribution in [3.63, 3.8) is 0 Å². The van der Waals surface area contributed by atoms with Crippen LogP contribution in [0.1, 0.15) is 26.7 Å². The molecular weight excluding hydrogens is 310 g/mol. The summed E-state index contributed by atoms with van der Waals surface area (Å²) in [6.07, 6.45) is 5.72. The fourth-order valence-corrected chi connectivity index (χ4v) is 3.78. The second kappa shape index (κ2) is 7.12. The lowest BCUT2D eigenvalue weighted by Gasteiger charge is -2.19. The minimum Gasteiger partial charge on any atom is -0.342 e. The standard InChI is InChI=1S/C16H21N5OS/c1-3-21-14(13-6-8-17-9-7-13)18-19-16(21)23-12(2)15(22)20-10-4-5-11-20/h6-9,12H,3-5,10-11H2,1-2H3. The Hall–Kier alpha value is -1.89. The maximum atomic E-state index is 12.5. The Kier molecular flexibility index (Phi) is 4.95. The summed E-state index contributed by atoms with van der Waals surface area (Å²) < 4.78 is 2.05. The fourth-order valence-electron chi connectivity index (χ4n) is 2.78. The van der Waals surface area contributed by atoms with Gasteiger partial charge in [0.25, 0.3) is 0 Å². The Morgan fingerprint density at radius 3 is 2.61 bits per heavy atom. The maximum absolute atomic E-state index is 12.5. The van der Waals surface area contributed by atoms with Crippen molar-refractivity contribution in [3.05, 3.63) is 24.5 Å². The first kappa shape index (κ1) is 16.0. The van der Waals surface area contributed by atoms with Crippen LogP contribution in [0.25, 0.3) is 11.4 Å². The molecule has 0 aliphatic carbocycles. The summed E-state index contributed by atoms with van der Waals surface area (Å²) in [6.45, 7) is 6.54. The summed E-state index contributed by atoms with van der Waals surface area (Å²) in [4.78, 5) is 18.5. The van der Waals surface area contributed by atoms with Gasteiger partial charge in [-0.25, -0.2) is 0 Å². The van der Waals surface area contributed by atoms with Crippen molar-refractivity contribution in [1.29, 1.82) is 0 Å². The van der Waals surface area contributed by atoms with Gasteiger partial charge in [0.1, 0.15) is 0 Å². The van der Waals surface area contributed by atoms with E-state index in [1.54, 1.807) is 12.4 Å². The van der Waals surface area contributed by atoms with Gasteiger partial charge in [0.2, 0.25) is 5.91 Å². The maximum Gasteiger partial charge on any atom is 0.235 e. The average Bonchev–Trinajstić information content (AvgIpc) is 3.24. The molecule has 0 saturated carbocycles. The number of hydrogen-bond donors (Lipinski definition) is 0. The van der Waals surface area contributed by atoms with Crippen LogP contribution >= 0.6 is 11.8 Å². The van der Waals surface area contributed by atoms with E-state index in [0.717, 1.165) is 49.0 Å². The molecule has 1 aliphatic heterocycles. The van der Waals surface area contributed by atoms with Crippen LogP contribution < -0.4 is 0 Å². The zero-order valence-electron chi connectivity index (χ0n) is 13.5. The molecule has 23 heavy (non-hydrogen) atoms. The monoisotopic (exact) mass is 331 g/mol. The van der Waals surface area contributed by atoms with Crippen LogP contribution in [0.15, 0.2) is 29.7 Å². The predicted molar refractivity (Wildman–Crippen MR) is 90.1 cm³/mol. The minimum absolute atomic E-state index is 0.145. The summed E-state index contributed by atoms with van der Waals surface area (Å²) in [5.41, 5.74) is 0.986. The van der Waals surface area contributed by atoms with Crippen LogP contribution in [-0.4, -0.2) is 48.9 Å². The Morgan fingerprint density at radius 1 is 1.26 bits per heavy atom. The van der Waals surface area contributed by atoms with E-state index in [1.165, 1.54) is 11.8 Å². The lowest BCUT2D eigenvalue weighted by Crippen LogP contribution is -2.34. The van der Waals surface area contributed by atoms with Crippen molar-refractivity contribution in [1.82, 2.24) is 24.6 Å². The Labute approximate surface area is 140 Å². The number of amides is 1. The molecule has 1 amide bonds. The number of pyridine rings is 1. The molecule has 2 aromatic heterocycles. The van der Waals surface area contributed by atoms with E-state index in [4.69, 9.17) is 0 Å². The predicted octanol–water partition coefficient (Wildman–Crippen LogP) is 2.46. The van der Waals surface area contributed by atoms with Crippen LogP contribution in [0.5, 0.6) is 0 Å². The third-order valence-electron chi connectivity index (χ3n) is 4.02. The fraction of sp³-hybridized carbons (Fsp3) is 0.500. The molecule has 0 bridgehead atoms. The number of aromatic nitrogens is 4. The smallest absolute Gasteiger partial charge is 0.235 e. The molecule has 1 unspecified atom stereocenters. The van der Waals surface area contributed by atoms with E-state index in [-0.39, 0.29) is 11.2 Å². The number of rotatable bonds is 5. The van der Waals surface area contributed by atoms with Gasteiger partial charge in [-0.1, -0.05) is 11.8 Å². The third-order valence-corrected chi connectivity index (χ3v) is 5.09. The van der Waals surface area contributed by atoms with E-state index >= 15 is 0 Å². The molecule has 0 spiro atoms. The van der Waals surface area contributed by atoms with E-state index in [0.29, 0.717) is 0 Å². The molecule has 1 saturated heterocycles. The molecule has 1 atom stereocenters. The second-order valence-corrected chi connectivity index (χ2v) is 6.89. The van der Waals surface area contributed by atoms with E-state index in [2.05, 4.69) is 22.1 Å². The molecule has 7 heteroatoms. The topological polar surface area (TPSA) is 63.9 Å². The molecule has 122 valence electrons. The lowest BCUT2D eigenvalue weighted by molar-refractivity contribution is -0.129. The van der Waals surface area contributed by atoms with Gasteiger partial charge in [-0.3, -0.25) is 9.78 Å². The zero-order chi connectivity index (χ0) is 16.2. The summed E-state index contributed by atoms with van der Waals surface area (Å²) in [7, 11) is 0. The molecule has 1 aliphatic rings. The van der Waals surface area contributed by atoms with Crippen molar-refractivity contribution < 1.29 is 4.79 Å². The SMILES string of the molecule is CCn1c(SC(C)C(=O)N2CCCC2)nnc1-c1ccncc1. The van der Waals surface area contributed by atoms with Gasteiger partial charge in [0.05, 0.1) is 5.25 Å². The molecule has 2 aromatic rings. The van der Waals surface area contributed by atoms with Gasteiger partial charge in [-0.2, -0.15) is 0 Å². The quantitative estimate of drug-likeness (QED) is 0.788. The molecule has 3 heterocycles. The lowest BCUT2D eigenvalue weighted by atomic mass is 10.2. The van der Waals surface area contributed by atoms with E-state index in [9.17, 15) is 4.79 Å². The van der Waals surface area contributed by atoms with Crippen molar-refractivity contribution >= 4 is 17.7 Å². The Morgan fingerprint density at radius 2 is 1.96 bits per heavy atom. The van der Waals surface area contributed by atoms with Gasteiger partial charge in [0.15, 0.2) is 11.0 Å². The number of carbonyl (C=O) groups is 1. The molecule has 3 rings (SSSR count). The molecule has 0 aromatic carbocycles. The van der Waals surface area contributed by atoms with Crippen molar-refractivity contribution in [2.45, 2.75) is 43.6 Å². The largest absolute Gasteiger partial charge is 0.342 e. The first-order valence-electron chi connectivity index (χ1n) is 7.99. The Balaban J connectivity index is 1.78. The van der Waals surface area contributed by atoms with Crippen molar-refractivity contribution in [2.24, 2.45) is 0 Å². The molecule has 0 N–H and O–H groups in total. The molecule has 6 nitrogen and oxygen atoms in total. The number of hydrogen-bond acceptors (Lipinski definition) is 5. The zero-order valence-corrected chi connectivity index (χ0v) is 14.3. The highest BCUT2D eigenvalue weighted by Crippen LogP contribution is 2.28. The van der Waals surface area contributed by atoms with Gasteiger partial charge < -0.3 is 9.47 Å². The van der Waals surface area contributed by atoms with Crippen LogP contribution in [0.2, 0.25) is 0 Å².